The van der Waals surface area contributed by atoms with Crippen LogP contribution in [0.4, 0.5) is 0 Å². The molecular weight excluding hydrogens is 416 g/mol. The molecule has 0 radical (unpaired) electrons. The van der Waals surface area contributed by atoms with Crippen molar-refractivity contribution in [2.24, 2.45) is 11.8 Å². The summed E-state index contributed by atoms with van der Waals surface area (Å²) in [5, 5.41) is 9.70. The van der Waals surface area contributed by atoms with Crippen molar-refractivity contribution >= 4 is 24.1 Å². The molecule has 1 aliphatic heterocycles. The Morgan fingerprint density at radius 1 is 0.818 bits per heavy atom. The maximum absolute atomic E-state index is 13.2. The minimum absolute atomic E-state index is 0.0792. The van der Waals surface area contributed by atoms with Crippen LogP contribution < -0.4 is 4.74 Å². The Kier molecular flexibility index (Phi) is 7.74. The lowest BCUT2D eigenvalue weighted by Crippen LogP contribution is -2.24. The summed E-state index contributed by atoms with van der Waals surface area (Å²) in [6, 6.07) is 16.9. The van der Waals surface area contributed by atoms with Crippen LogP contribution in [0, 0.1) is 11.8 Å². The summed E-state index contributed by atoms with van der Waals surface area (Å²) >= 11 is 0. The van der Waals surface area contributed by atoms with Crippen LogP contribution in [0.15, 0.2) is 65.7 Å². The fraction of sp³-hybridized carbons (Fsp3) is 0.357. The molecule has 33 heavy (non-hydrogen) atoms. The van der Waals surface area contributed by atoms with Crippen molar-refractivity contribution in [2.75, 3.05) is 13.2 Å². The largest absolute Gasteiger partial charge is 0.478 e. The molecular formula is C28H30O5. The summed E-state index contributed by atoms with van der Waals surface area (Å²) in [6.45, 7) is 1.26. The number of carbonyl (C=O) groups is 2. The predicted octanol–water partition coefficient (Wildman–Crippen LogP) is 5.76. The zero-order chi connectivity index (χ0) is 23.0. The molecule has 2 aromatic carbocycles. The maximum atomic E-state index is 13.2. The normalized spacial score (nSPS) is 18.3. The van der Waals surface area contributed by atoms with Gasteiger partial charge in [-0.1, -0.05) is 55.3 Å². The molecule has 1 N–H and O–H groups in total. The van der Waals surface area contributed by atoms with E-state index in [0.717, 1.165) is 49.7 Å². The van der Waals surface area contributed by atoms with Crippen molar-refractivity contribution < 1.29 is 24.2 Å². The van der Waals surface area contributed by atoms with Crippen molar-refractivity contribution in [1.29, 1.82) is 0 Å². The molecule has 1 saturated carbocycles. The molecule has 172 valence electrons. The summed E-state index contributed by atoms with van der Waals surface area (Å²) in [4.78, 5) is 25.0. The molecule has 0 aromatic heterocycles. The van der Waals surface area contributed by atoms with E-state index in [-0.39, 0.29) is 17.8 Å². The van der Waals surface area contributed by atoms with Gasteiger partial charge in [0.15, 0.2) is 0 Å². The minimum Gasteiger partial charge on any atom is -0.478 e. The number of ether oxygens (including phenoxy) is 2. The first-order valence-corrected chi connectivity index (χ1v) is 11.7. The molecule has 0 bridgehead atoms. The van der Waals surface area contributed by atoms with Gasteiger partial charge in [-0.15, -0.1) is 0 Å². The van der Waals surface area contributed by atoms with Crippen LogP contribution in [0.25, 0.3) is 12.2 Å². The van der Waals surface area contributed by atoms with Gasteiger partial charge in [0.05, 0.1) is 0 Å². The summed E-state index contributed by atoms with van der Waals surface area (Å²) in [7, 11) is 0. The highest BCUT2D eigenvalue weighted by molar-refractivity contribution is 5.96. The Morgan fingerprint density at radius 3 is 2.15 bits per heavy atom. The van der Waals surface area contributed by atoms with Gasteiger partial charge in [0.1, 0.15) is 5.75 Å². The molecule has 2 aromatic rings. The van der Waals surface area contributed by atoms with E-state index in [9.17, 15) is 14.7 Å². The van der Waals surface area contributed by atoms with E-state index in [1.807, 2.05) is 42.5 Å². The van der Waals surface area contributed by atoms with Crippen LogP contribution >= 0.6 is 0 Å². The van der Waals surface area contributed by atoms with Crippen molar-refractivity contribution in [2.45, 2.75) is 38.5 Å². The van der Waals surface area contributed by atoms with E-state index in [2.05, 4.69) is 0 Å². The Hall–Kier alpha value is -3.18. The Labute approximate surface area is 194 Å². The van der Waals surface area contributed by atoms with Gasteiger partial charge in [-0.25, -0.2) is 9.59 Å². The third-order valence-electron chi connectivity index (χ3n) is 6.45. The smallest absolute Gasteiger partial charge is 0.339 e. The molecule has 1 heterocycles. The van der Waals surface area contributed by atoms with Gasteiger partial charge < -0.3 is 14.6 Å². The van der Waals surface area contributed by atoms with Crippen molar-refractivity contribution in [1.82, 2.24) is 0 Å². The van der Waals surface area contributed by atoms with Gasteiger partial charge in [0.25, 0.3) is 0 Å². The van der Waals surface area contributed by atoms with E-state index in [0.29, 0.717) is 30.1 Å². The zero-order valence-corrected chi connectivity index (χ0v) is 18.7. The number of hydrogen-bond donors (Lipinski definition) is 1. The van der Waals surface area contributed by atoms with E-state index in [4.69, 9.17) is 9.47 Å². The zero-order valence-electron chi connectivity index (χ0n) is 18.7. The molecule has 5 heteroatoms. The number of carbonyl (C=O) groups excluding carboxylic acids is 1. The fourth-order valence-electron chi connectivity index (χ4n) is 4.69. The summed E-state index contributed by atoms with van der Waals surface area (Å²) < 4.78 is 11.3. The molecule has 4 rings (SSSR count). The highest BCUT2D eigenvalue weighted by Gasteiger charge is 2.26. The van der Waals surface area contributed by atoms with Gasteiger partial charge in [-0.2, -0.15) is 0 Å². The monoisotopic (exact) mass is 446 g/mol. The molecule has 0 spiro atoms. The van der Waals surface area contributed by atoms with Gasteiger partial charge in [0, 0.05) is 24.4 Å². The van der Waals surface area contributed by atoms with Crippen LogP contribution in [-0.4, -0.2) is 30.3 Å². The molecule has 5 nitrogen and oxygen atoms in total. The number of hydrogen-bond acceptors (Lipinski definition) is 4. The maximum Gasteiger partial charge on any atom is 0.339 e. The van der Waals surface area contributed by atoms with E-state index in [1.54, 1.807) is 24.3 Å². The van der Waals surface area contributed by atoms with Gasteiger partial charge >= 0.3 is 11.9 Å². The summed E-state index contributed by atoms with van der Waals surface area (Å²) in [5.41, 5.74) is 2.75. The Bertz CT molecular complexity index is 1030. The molecule has 0 atom stereocenters. The number of aliphatic carboxylic acids is 1. The highest BCUT2D eigenvalue weighted by Crippen LogP contribution is 2.33. The van der Waals surface area contributed by atoms with E-state index >= 15 is 0 Å². The predicted molar refractivity (Wildman–Crippen MR) is 128 cm³/mol. The van der Waals surface area contributed by atoms with Crippen LogP contribution in [-0.2, 0) is 14.3 Å². The third-order valence-corrected chi connectivity index (χ3v) is 6.45. The third kappa shape index (κ3) is 6.20. The number of carboxylic acids is 1. The first-order valence-electron chi connectivity index (χ1n) is 11.7. The van der Waals surface area contributed by atoms with Gasteiger partial charge in [-0.3, -0.25) is 0 Å². The molecule has 2 fully saturated rings. The Morgan fingerprint density at radius 2 is 1.45 bits per heavy atom. The van der Waals surface area contributed by atoms with Crippen LogP contribution in [0.1, 0.15) is 49.7 Å². The van der Waals surface area contributed by atoms with Crippen molar-refractivity contribution in [3.63, 3.8) is 0 Å². The van der Waals surface area contributed by atoms with Crippen molar-refractivity contribution in [3.8, 4) is 5.75 Å². The van der Waals surface area contributed by atoms with Gasteiger partial charge in [-0.05, 0) is 72.9 Å². The average molecular weight is 447 g/mol. The number of carboxylic acid groups (broad SMARTS) is 1. The quantitative estimate of drug-likeness (QED) is 0.333. The second kappa shape index (κ2) is 11.1. The molecule has 2 aliphatic rings. The first-order chi connectivity index (χ1) is 16.1. The fourth-order valence-corrected chi connectivity index (χ4v) is 4.69. The Balaban J connectivity index is 1.56. The van der Waals surface area contributed by atoms with E-state index < -0.39 is 5.97 Å². The lowest BCUT2D eigenvalue weighted by atomic mass is 9.90. The topological polar surface area (TPSA) is 72.8 Å². The number of esters is 1. The molecule has 0 amide bonds. The average Bonchev–Trinajstić information content (AvgIpc) is 3.37. The molecule has 0 unspecified atom stereocenters. The van der Waals surface area contributed by atoms with E-state index in [1.165, 1.54) is 0 Å². The second-order valence-corrected chi connectivity index (χ2v) is 8.75. The number of rotatable bonds is 7. The van der Waals surface area contributed by atoms with Gasteiger partial charge in [0.2, 0.25) is 0 Å². The van der Waals surface area contributed by atoms with Crippen LogP contribution in [0.2, 0.25) is 0 Å². The van der Waals surface area contributed by atoms with Crippen molar-refractivity contribution in [3.05, 3.63) is 76.9 Å². The second-order valence-electron chi connectivity index (χ2n) is 8.75. The first kappa shape index (κ1) is 23.0. The summed E-state index contributed by atoms with van der Waals surface area (Å²) in [5.74, 6) is -0.674. The standard InChI is InChI=1S/C28H30O5/c29-27(30)25(22-10-4-5-11-22)19-21-9-6-12-24(17-21)33-28(31)26(23-13-15-32-16-14-23)18-20-7-2-1-3-8-20/h1-3,6-9,12,17-19,22-23H,4-5,10-11,13-16H2,(H,29,30)/b25-19+,26-18+. The minimum atomic E-state index is -0.878. The number of benzene rings is 2. The molecule has 1 saturated heterocycles. The SMILES string of the molecule is O=C(O)/C(=C/c1cccc(OC(=O)/C(=C/c2ccccc2)C2CCOCC2)c1)C1CCCC1. The highest BCUT2D eigenvalue weighted by atomic mass is 16.5. The summed E-state index contributed by atoms with van der Waals surface area (Å²) in [6.07, 6.45) is 9.13. The molecule has 1 aliphatic carbocycles. The lowest BCUT2D eigenvalue weighted by molar-refractivity contribution is -0.133. The van der Waals surface area contributed by atoms with Crippen LogP contribution in [0.5, 0.6) is 5.75 Å². The van der Waals surface area contributed by atoms with Crippen LogP contribution in [0.3, 0.4) is 0 Å². The lowest BCUT2D eigenvalue weighted by Gasteiger charge is -2.24.